The molecule has 1 amide bonds. The number of carbonyl (C=O) groups is 2. The van der Waals surface area contributed by atoms with Gasteiger partial charge in [-0.15, -0.1) is 0 Å². The highest BCUT2D eigenvalue weighted by Gasteiger charge is 2.57. The number of hydrogen-bond acceptors (Lipinski definition) is 5. The number of aromatic nitrogens is 2. The molecule has 1 aromatic carbocycles. The van der Waals surface area contributed by atoms with E-state index in [0.717, 1.165) is 17.0 Å². The van der Waals surface area contributed by atoms with Crippen molar-refractivity contribution in [1.29, 1.82) is 0 Å². The predicted molar refractivity (Wildman–Crippen MR) is 99.6 cm³/mol. The zero-order chi connectivity index (χ0) is 20.1. The number of nitrogens with zero attached hydrogens (tertiary/aromatic N) is 3. The number of carbonyl (C=O) groups excluding carboxylic acids is 1. The number of ether oxygens (including phenoxy) is 2. The number of carboxylic acid groups (broad SMARTS) is 1. The standard InChI is InChI=1S/C20H23N3O5/c1-12-7-13(2)23(21-12)9-17(24)22-8-15-14-5-4-6-16(27-3)18(14)28-11-20(15,10-22)19(25)26/h4-7,15H,8-11H2,1-3H3,(H,25,26)/t15-,20-/m1/s1. The van der Waals surface area contributed by atoms with Crippen molar-refractivity contribution in [2.45, 2.75) is 26.3 Å². The molecule has 1 saturated heterocycles. The number of hydrogen-bond donors (Lipinski definition) is 1. The van der Waals surface area contributed by atoms with Gasteiger partial charge in [-0.25, -0.2) is 0 Å². The van der Waals surface area contributed by atoms with E-state index < -0.39 is 11.4 Å². The third-order valence-electron chi connectivity index (χ3n) is 5.79. The van der Waals surface area contributed by atoms with E-state index in [0.29, 0.717) is 18.0 Å². The van der Waals surface area contributed by atoms with Gasteiger partial charge in [0.15, 0.2) is 11.5 Å². The molecule has 8 nitrogen and oxygen atoms in total. The monoisotopic (exact) mass is 385 g/mol. The molecule has 2 aliphatic heterocycles. The smallest absolute Gasteiger partial charge is 0.315 e. The fourth-order valence-electron chi connectivity index (χ4n) is 4.31. The van der Waals surface area contributed by atoms with Crippen LogP contribution in [0.25, 0.3) is 0 Å². The first-order valence-electron chi connectivity index (χ1n) is 9.17. The second-order valence-corrected chi connectivity index (χ2v) is 7.54. The lowest BCUT2D eigenvalue weighted by atomic mass is 9.73. The Labute approximate surface area is 162 Å². The van der Waals surface area contributed by atoms with E-state index in [1.165, 1.54) is 0 Å². The third-order valence-corrected chi connectivity index (χ3v) is 5.79. The van der Waals surface area contributed by atoms with Gasteiger partial charge in [0.05, 0.1) is 12.8 Å². The van der Waals surface area contributed by atoms with Gasteiger partial charge in [-0.3, -0.25) is 14.3 Å². The van der Waals surface area contributed by atoms with E-state index in [9.17, 15) is 14.7 Å². The van der Waals surface area contributed by atoms with Gasteiger partial charge in [-0.2, -0.15) is 5.10 Å². The van der Waals surface area contributed by atoms with Crippen LogP contribution in [0.1, 0.15) is 22.9 Å². The molecule has 2 atom stereocenters. The van der Waals surface area contributed by atoms with Crippen molar-refractivity contribution in [2.24, 2.45) is 5.41 Å². The highest BCUT2D eigenvalue weighted by atomic mass is 16.5. The number of aliphatic carboxylic acids is 1. The van der Waals surface area contributed by atoms with Gasteiger partial charge in [0.1, 0.15) is 18.6 Å². The molecular weight excluding hydrogens is 362 g/mol. The molecule has 28 heavy (non-hydrogen) atoms. The topological polar surface area (TPSA) is 93.9 Å². The molecule has 0 unspecified atom stereocenters. The molecule has 0 bridgehead atoms. The number of para-hydroxylation sites is 1. The quantitative estimate of drug-likeness (QED) is 0.859. The lowest BCUT2D eigenvalue weighted by Gasteiger charge is -2.36. The number of fused-ring (bicyclic) bond motifs is 3. The summed E-state index contributed by atoms with van der Waals surface area (Å²) in [4.78, 5) is 26.8. The number of carboxylic acids is 1. The molecule has 3 heterocycles. The molecule has 1 fully saturated rings. The number of rotatable bonds is 4. The van der Waals surface area contributed by atoms with Crippen molar-refractivity contribution < 1.29 is 24.2 Å². The Kier molecular flexibility index (Phi) is 4.28. The molecule has 0 aliphatic carbocycles. The van der Waals surface area contributed by atoms with Crippen LogP contribution in [-0.2, 0) is 16.1 Å². The molecule has 4 rings (SSSR count). The summed E-state index contributed by atoms with van der Waals surface area (Å²) in [7, 11) is 1.55. The Morgan fingerprint density at radius 2 is 2.18 bits per heavy atom. The Balaban J connectivity index is 1.65. The third kappa shape index (κ3) is 2.71. The summed E-state index contributed by atoms with van der Waals surface area (Å²) in [6.07, 6.45) is 0. The van der Waals surface area contributed by atoms with Crippen LogP contribution in [0.4, 0.5) is 0 Å². The minimum absolute atomic E-state index is 0.00403. The zero-order valence-corrected chi connectivity index (χ0v) is 16.1. The number of likely N-dealkylation sites (tertiary alicyclic amines) is 1. The summed E-state index contributed by atoms with van der Waals surface area (Å²) in [6.45, 7) is 4.30. The van der Waals surface area contributed by atoms with E-state index in [4.69, 9.17) is 9.47 Å². The summed E-state index contributed by atoms with van der Waals surface area (Å²) in [5.41, 5.74) is 1.35. The van der Waals surface area contributed by atoms with Gasteiger partial charge in [0, 0.05) is 30.3 Å². The van der Waals surface area contributed by atoms with Crippen molar-refractivity contribution in [2.75, 3.05) is 26.8 Å². The van der Waals surface area contributed by atoms with Crippen LogP contribution >= 0.6 is 0 Å². The van der Waals surface area contributed by atoms with Gasteiger partial charge in [-0.05, 0) is 26.0 Å². The fourth-order valence-corrected chi connectivity index (χ4v) is 4.31. The molecule has 2 aliphatic rings. The second-order valence-electron chi connectivity index (χ2n) is 7.54. The Bertz CT molecular complexity index is 953. The summed E-state index contributed by atoms with van der Waals surface area (Å²) in [5.74, 6) is -0.310. The summed E-state index contributed by atoms with van der Waals surface area (Å²) < 4.78 is 12.8. The summed E-state index contributed by atoms with van der Waals surface area (Å²) in [6, 6.07) is 7.37. The average molecular weight is 385 g/mol. The van der Waals surface area contributed by atoms with Crippen LogP contribution < -0.4 is 9.47 Å². The van der Waals surface area contributed by atoms with Gasteiger partial charge >= 0.3 is 5.97 Å². The molecule has 1 N–H and O–H groups in total. The van der Waals surface area contributed by atoms with Crippen LogP contribution in [-0.4, -0.2) is 58.5 Å². The minimum atomic E-state index is -1.16. The molecule has 2 aromatic rings. The van der Waals surface area contributed by atoms with Gasteiger partial charge in [0.2, 0.25) is 5.91 Å². The predicted octanol–water partition coefficient (Wildman–Crippen LogP) is 1.60. The van der Waals surface area contributed by atoms with Crippen molar-refractivity contribution >= 4 is 11.9 Å². The zero-order valence-electron chi connectivity index (χ0n) is 16.1. The first-order valence-corrected chi connectivity index (χ1v) is 9.17. The SMILES string of the molecule is COc1cccc2c1OC[C@]1(C(=O)O)CN(C(=O)Cn3nc(C)cc3C)C[C@H]21. The van der Waals surface area contributed by atoms with Crippen LogP contribution in [0.3, 0.4) is 0 Å². The van der Waals surface area contributed by atoms with E-state index in [2.05, 4.69) is 5.10 Å². The number of methoxy groups -OCH3 is 1. The molecule has 148 valence electrons. The fraction of sp³-hybridized carbons (Fsp3) is 0.450. The number of aryl methyl sites for hydroxylation is 2. The second kappa shape index (κ2) is 6.54. The van der Waals surface area contributed by atoms with E-state index in [1.54, 1.807) is 22.8 Å². The Hall–Kier alpha value is -3.03. The van der Waals surface area contributed by atoms with Crippen molar-refractivity contribution in [3.63, 3.8) is 0 Å². The normalized spacial score (nSPS) is 23.0. The van der Waals surface area contributed by atoms with Gasteiger partial charge in [-0.1, -0.05) is 12.1 Å². The van der Waals surface area contributed by atoms with Crippen LogP contribution in [0.15, 0.2) is 24.3 Å². The summed E-state index contributed by atoms with van der Waals surface area (Å²) in [5, 5.41) is 14.4. The highest BCUT2D eigenvalue weighted by molar-refractivity contribution is 5.83. The van der Waals surface area contributed by atoms with Crippen LogP contribution in [0, 0.1) is 19.3 Å². The Morgan fingerprint density at radius 3 is 2.82 bits per heavy atom. The minimum Gasteiger partial charge on any atom is -0.493 e. The average Bonchev–Trinajstić information content (AvgIpc) is 3.22. The van der Waals surface area contributed by atoms with Crippen molar-refractivity contribution in [3.05, 3.63) is 41.2 Å². The van der Waals surface area contributed by atoms with E-state index in [1.807, 2.05) is 32.0 Å². The Morgan fingerprint density at radius 1 is 1.39 bits per heavy atom. The van der Waals surface area contributed by atoms with E-state index >= 15 is 0 Å². The maximum atomic E-state index is 12.9. The molecule has 8 heteroatoms. The molecular formula is C20H23N3O5. The molecule has 0 spiro atoms. The lowest BCUT2D eigenvalue weighted by Crippen LogP contribution is -2.46. The summed E-state index contributed by atoms with van der Waals surface area (Å²) >= 11 is 0. The maximum absolute atomic E-state index is 12.9. The van der Waals surface area contributed by atoms with E-state index in [-0.39, 0.29) is 31.5 Å². The maximum Gasteiger partial charge on any atom is 0.315 e. The first kappa shape index (κ1) is 18.3. The largest absolute Gasteiger partial charge is 0.493 e. The number of amides is 1. The first-order chi connectivity index (χ1) is 13.4. The van der Waals surface area contributed by atoms with Crippen molar-refractivity contribution in [3.8, 4) is 11.5 Å². The highest BCUT2D eigenvalue weighted by Crippen LogP contribution is 2.52. The molecule has 1 aromatic heterocycles. The number of benzene rings is 1. The molecule has 0 radical (unpaired) electrons. The van der Waals surface area contributed by atoms with Gasteiger partial charge in [0.25, 0.3) is 0 Å². The van der Waals surface area contributed by atoms with Crippen molar-refractivity contribution in [1.82, 2.24) is 14.7 Å². The van der Waals surface area contributed by atoms with Gasteiger partial charge < -0.3 is 19.5 Å². The van der Waals surface area contributed by atoms with Crippen LogP contribution in [0.5, 0.6) is 11.5 Å². The lowest BCUT2D eigenvalue weighted by molar-refractivity contribution is -0.152. The molecule has 0 saturated carbocycles. The van der Waals surface area contributed by atoms with Crippen LogP contribution in [0.2, 0.25) is 0 Å².